The third-order valence-electron chi connectivity index (χ3n) is 9.48. The fourth-order valence-electron chi connectivity index (χ4n) is 6.18. The van der Waals surface area contributed by atoms with Crippen LogP contribution in [-0.4, -0.2) is 139 Å². The van der Waals surface area contributed by atoms with Crippen LogP contribution in [0.3, 0.4) is 0 Å². The number of H-pyrrole nitrogens is 2. The number of fused-ring (bicyclic) bond motifs is 2. The van der Waals surface area contributed by atoms with Crippen LogP contribution in [0.1, 0.15) is 46.4 Å². The molecule has 27 heteroatoms. The van der Waals surface area contributed by atoms with E-state index in [9.17, 15) is 48.6 Å². The van der Waals surface area contributed by atoms with Crippen molar-refractivity contribution in [2.45, 2.75) is 49.9 Å². The molecule has 340 valence electrons. The number of aliphatic carboxylic acids is 4. The fourth-order valence-corrected chi connectivity index (χ4v) is 6.18. The number of carboxylic acid groups (broad SMARTS) is 4. The molecule has 0 radical (unpaired) electrons. The second-order valence-corrected chi connectivity index (χ2v) is 14.3. The molecule has 0 unspecified atom stereocenters. The molecule has 2 amide bonds. The number of carbonyl (C=O) groups excluding carboxylic acids is 4. The molecule has 2 aromatic heterocycles. The van der Waals surface area contributed by atoms with Crippen LogP contribution in [0.4, 0.5) is 46.3 Å². The van der Waals surface area contributed by atoms with Crippen LogP contribution in [-0.2, 0) is 19.2 Å². The largest absolute Gasteiger partial charge is 2.00 e. The van der Waals surface area contributed by atoms with Crippen molar-refractivity contribution in [1.29, 1.82) is 0 Å². The average Bonchev–Trinajstić information content (AvgIpc) is 3.25. The van der Waals surface area contributed by atoms with E-state index < -0.39 is 60.6 Å². The zero-order valence-electron chi connectivity index (χ0n) is 34.3. The number of nitrogen functional groups attached to an aromatic ring is 2. The molecule has 0 saturated carbocycles. The molecule has 6 rings (SSSR count). The SMILES string of the molecule is Nc1nc2c(c(=O)[nH]1)N[C@@H](CNc1ccc(C(=O)N[C@@H](CCC(=O)[O-])C(=O)O)cc1)CN2.Nc1nc2c(c(=O)[nH]1)N[C@@H](CNc1ccc(C(=O)N[C@@H](CCC(=O)[O-])C(=O)O)cc1)CN2.[Mg+2]. The zero-order valence-corrected chi connectivity index (χ0v) is 35.7. The summed E-state index contributed by atoms with van der Waals surface area (Å²) in [7, 11) is 0. The van der Waals surface area contributed by atoms with Crippen LogP contribution in [0, 0.1) is 0 Å². The minimum Gasteiger partial charge on any atom is -0.550 e. The number of nitrogens with two attached hydrogens (primary N) is 2. The van der Waals surface area contributed by atoms with Crippen molar-refractivity contribution < 1.29 is 49.2 Å². The van der Waals surface area contributed by atoms with E-state index >= 15 is 0 Å². The molecule has 0 fully saturated rings. The van der Waals surface area contributed by atoms with E-state index in [1.54, 1.807) is 24.3 Å². The van der Waals surface area contributed by atoms with Crippen molar-refractivity contribution in [3.05, 3.63) is 80.4 Å². The molecule has 2 aliphatic rings. The molecule has 0 aliphatic carbocycles. The van der Waals surface area contributed by atoms with Crippen LogP contribution >= 0.6 is 0 Å². The Morgan fingerprint density at radius 2 is 1.00 bits per heavy atom. The summed E-state index contributed by atoms with van der Waals surface area (Å²) in [4.78, 5) is 105. The maximum atomic E-state index is 12.3. The number of nitrogens with zero attached hydrogens (tertiary/aromatic N) is 2. The van der Waals surface area contributed by atoms with Gasteiger partial charge in [-0.1, -0.05) is 0 Å². The fraction of sp³-hybridized carbons (Fsp3) is 0.316. The van der Waals surface area contributed by atoms with Crippen molar-refractivity contribution >= 4 is 105 Å². The third-order valence-corrected chi connectivity index (χ3v) is 9.48. The van der Waals surface area contributed by atoms with Crippen LogP contribution in [0.25, 0.3) is 0 Å². The summed E-state index contributed by atoms with van der Waals surface area (Å²) in [6, 6.07) is 9.69. The molecule has 4 aromatic rings. The van der Waals surface area contributed by atoms with Gasteiger partial charge in [-0.2, -0.15) is 9.97 Å². The summed E-state index contributed by atoms with van der Waals surface area (Å²) >= 11 is 0. The van der Waals surface area contributed by atoms with E-state index in [2.05, 4.69) is 62.5 Å². The number of benzene rings is 2. The Hall–Kier alpha value is -7.81. The molecule has 16 N–H and O–H groups in total. The number of hydrogen-bond donors (Lipinski definition) is 14. The molecule has 26 nitrogen and oxygen atoms in total. The van der Waals surface area contributed by atoms with Crippen molar-refractivity contribution in [3.63, 3.8) is 0 Å². The molecular formula is C38H44MgN14O12. The van der Waals surface area contributed by atoms with Gasteiger partial charge in [0.25, 0.3) is 22.9 Å². The molecule has 2 aromatic carbocycles. The van der Waals surface area contributed by atoms with Gasteiger partial charge in [0.05, 0.1) is 12.1 Å². The van der Waals surface area contributed by atoms with Crippen molar-refractivity contribution in [2.24, 2.45) is 0 Å². The summed E-state index contributed by atoms with van der Waals surface area (Å²) in [6.45, 7) is 1.90. The smallest absolute Gasteiger partial charge is 0.550 e. The number of aromatic amines is 2. The second kappa shape index (κ2) is 23.0. The number of anilines is 8. The van der Waals surface area contributed by atoms with Crippen LogP contribution in [0.15, 0.2) is 58.1 Å². The van der Waals surface area contributed by atoms with Gasteiger partial charge < -0.3 is 84.0 Å². The van der Waals surface area contributed by atoms with E-state index in [4.69, 9.17) is 21.7 Å². The average molecular weight is 913 g/mol. The van der Waals surface area contributed by atoms with Gasteiger partial charge in [-0.15, -0.1) is 0 Å². The number of carbonyl (C=O) groups is 6. The minimum absolute atomic E-state index is 0. The standard InChI is InChI=1S/2C19H23N7O6.Mg/c2*20-19-25-15-14(17(30)26-19)23-11(8-22-15)7-21-10-3-1-9(2-4-10)16(29)24-12(18(31)32)5-6-13(27)28;/h2*1-4,11-12,21,23H,5-8H2,(H,24,29)(H,27,28)(H,31,32)(H4,20,22,25,26,30);/q;;+2/p-2/t2*11-,12-;/m00./s1. The normalized spacial score (nSPS) is 15.2. The first-order valence-electron chi connectivity index (χ1n) is 19.4. The van der Waals surface area contributed by atoms with E-state index in [0.717, 1.165) is 0 Å². The number of rotatable bonds is 18. The summed E-state index contributed by atoms with van der Waals surface area (Å²) in [5.41, 5.74) is 12.7. The second-order valence-electron chi connectivity index (χ2n) is 14.3. The Bertz CT molecular complexity index is 2320. The van der Waals surface area contributed by atoms with Gasteiger partial charge in [0.15, 0.2) is 11.6 Å². The number of hydrogen-bond acceptors (Lipinski definition) is 20. The maximum absolute atomic E-state index is 12.3. The first kappa shape index (κ1) is 49.8. The van der Waals surface area contributed by atoms with Gasteiger partial charge in [-0.3, -0.25) is 29.1 Å². The minimum atomic E-state index is -1.39. The zero-order chi connectivity index (χ0) is 46.5. The van der Waals surface area contributed by atoms with E-state index in [-0.39, 0.29) is 82.1 Å². The molecule has 0 spiro atoms. The number of carboxylic acids is 4. The topological polar surface area (TPSA) is 429 Å². The Morgan fingerprint density at radius 3 is 1.32 bits per heavy atom. The van der Waals surface area contributed by atoms with Crippen LogP contribution < -0.4 is 75.3 Å². The Balaban J connectivity index is 0.000000280. The first-order chi connectivity index (χ1) is 30.4. The third kappa shape index (κ3) is 14.6. The number of aromatic nitrogens is 4. The Kier molecular flexibility index (Phi) is 17.7. The first-order valence-corrected chi connectivity index (χ1v) is 19.4. The molecule has 2 aliphatic heterocycles. The van der Waals surface area contributed by atoms with Gasteiger partial charge in [0.2, 0.25) is 11.9 Å². The van der Waals surface area contributed by atoms with Gasteiger partial charge in [-0.25, -0.2) is 9.59 Å². The van der Waals surface area contributed by atoms with Gasteiger partial charge in [-0.05, 0) is 74.2 Å². The molecule has 0 saturated heterocycles. The van der Waals surface area contributed by atoms with Crippen molar-refractivity contribution in [1.82, 2.24) is 30.6 Å². The maximum Gasteiger partial charge on any atom is 2.00 e. The molecule has 4 atom stereocenters. The quantitative estimate of drug-likeness (QED) is 0.0429. The number of amides is 2. The van der Waals surface area contributed by atoms with Crippen LogP contribution in [0.5, 0.6) is 0 Å². The summed E-state index contributed by atoms with van der Waals surface area (Å²) in [5.74, 6) is -5.89. The van der Waals surface area contributed by atoms with E-state index in [1.807, 2.05) is 0 Å². The Labute approximate surface area is 383 Å². The van der Waals surface area contributed by atoms with Crippen molar-refractivity contribution in [2.75, 3.05) is 69.5 Å². The van der Waals surface area contributed by atoms with Gasteiger partial charge in [0.1, 0.15) is 23.5 Å². The number of nitrogens with one attached hydrogen (secondary N) is 10. The van der Waals surface area contributed by atoms with Gasteiger partial charge >= 0.3 is 35.0 Å². The predicted molar refractivity (Wildman–Crippen MR) is 232 cm³/mol. The monoisotopic (exact) mass is 912 g/mol. The summed E-state index contributed by atoms with van der Waals surface area (Å²) < 4.78 is 0. The molecule has 0 bridgehead atoms. The molecular weight excluding hydrogens is 869 g/mol. The van der Waals surface area contributed by atoms with Crippen molar-refractivity contribution in [3.8, 4) is 0 Å². The van der Waals surface area contributed by atoms with Gasteiger partial charge in [0, 0.05) is 60.6 Å². The predicted octanol–water partition coefficient (Wildman–Crippen LogP) is -3.61. The Morgan fingerprint density at radius 1 is 0.646 bits per heavy atom. The summed E-state index contributed by atoms with van der Waals surface area (Å²) in [6.07, 6.45) is -1.52. The summed E-state index contributed by atoms with van der Waals surface area (Å²) in [5, 5.41) is 62.5. The van der Waals surface area contributed by atoms with Crippen LogP contribution in [0.2, 0.25) is 0 Å². The molecule has 4 heterocycles. The van der Waals surface area contributed by atoms with E-state index in [0.29, 0.717) is 60.6 Å². The molecule has 65 heavy (non-hydrogen) atoms. The van der Waals surface area contributed by atoms with E-state index in [1.165, 1.54) is 24.3 Å².